The highest BCUT2D eigenvalue weighted by atomic mass is 79.9. The summed E-state index contributed by atoms with van der Waals surface area (Å²) in [5, 5.41) is 16.2. The molecule has 0 aliphatic carbocycles. The van der Waals surface area contributed by atoms with Crippen molar-refractivity contribution in [1.29, 1.82) is 5.53 Å². The molecule has 0 fully saturated rings. The summed E-state index contributed by atoms with van der Waals surface area (Å²) in [6, 6.07) is 13.8. The molecule has 9 aromatic rings. The van der Waals surface area contributed by atoms with E-state index in [9.17, 15) is 0 Å². The smallest absolute Gasteiger partial charge is 0.220 e. The van der Waals surface area contributed by atoms with Gasteiger partial charge in [-0.1, -0.05) is 43.9 Å². The van der Waals surface area contributed by atoms with Crippen molar-refractivity contribution in [3.63, 3.8) is 0 Å². The molecule has 0 saturated heterocycles. The van der Waals surface area contributed by atoms with E-state index >= 15 is 0 Å². The third-order valence-electron chi connectivity index (χ3n) is 12.4. The second kappa shape index (κ2) is 35.5. The number of nitrogens with zero attached hydrogens (tertiary/aromatic N) is 17. The van der Waals surface area contributed by atoms with Crippen LogP contribution in [-0.4, -0.2) is 190 Å². The summed E-state index contributed by atoms with van der Waals surface area (Å²) in [7, 11) is 9.68. The summed E-state index contributed by atoms with van der Waals surface area (Å²) in [5.41, 5.74) is 30.7. The van der Waals surface area contributed by atoms with E-state index in [1.54, 1.807) is 37.2 Å². The maximum Gasteiger partial charge on any atom is 0.220 e. The zero-order chi connectivity index (χ0) is 64.4. The third kappa shape index (κ3) is 24.2. The Morgan fingerprint density at radius 1 is 0.602 bits per heavy atom. The number of pyridine rings is 3. The molecule has 9 aromatic heterocycles. The van der Waals surface area contributed by atoms with Crippen molar-refractivity contribution in [2.24, 2.45) is 15.1 Å². The molecule has 27 nitrogen and oxygen atoms in total. The zero-order valence-electron chi connectivity index (χ0n) is 52.3. The number of nitrogens with two attached hydrogens (primary N) is 3. The monoisotopic (exact) mass is 1330 g/mol. The van der Waals surface area contributed by atoms with Gasteiger partial charge < -0.3 is 70.1 Å². The van der Waals surface area contributed by atoms with Crippen LogP contribution in [0, 0.1) is 5.53 Å². The number of nitrogens with one attached hydrogen (secondary N) is 2. The highest BCUT2D eigenvalue weighted by Crippen LogP contribution is 2.33. The van der Waals surface area contributed by atoms with Crippen molar-refractivity contribution >= 4 is 94.8 Å². The Labute approximate surface area is 529 Å². The molecule has 0 spiro atoms. The van der Waals surface area contributed by atoms with E-state index < -0.39 is 16.1 Å². The molecule has 474 valence electrons. The highest BCUT2D eigenvalue weighted by Gasteiger charge is 2.19. The molecule has 0 atom stereocenters. The number of hydrogen-bond acceptors (Lipinski definition) is 22. The minimum Gasteiger partial charge on any atom is -0.491 e. The summed E-state index contributed by atoms with van der Waals surface area (Å²) < 4.78 is 31.0. The summed E-state index contributed by atoms with van der Waals surface area (Å²) in [6.07, 6.45) is 16.1. The van der Waals surface area contributed by atoms with Gasteiger partial charge >= 0.3 is 0 Å². The number of aliphatic hydroxyl groups excluding tert-OH is 1. The number of aliphatic hydroxyl groups is 1. The van der Waals surface area contributed by atoms with Crippen LogP contribution in [0.15, 0.2) is 112 Å². The molecule has 9 heterocycles. The first-order valence-corrected chi connectivity index (χ1v) is 36.6. The van der Waals surface area contributed by atoms with Crippen LogP contribution < -0.4 is 26.7 Å². The molecule has 0 bridgehead atoms. The second-order valence-corrected chi connectivity index (χ2v) is 35.4. The van der Waals surface area contributed by atoms with Crippen molar-refractivity contribution in [1.82, 2.24) is 73.7 Å². The van der Waals surface area contributed by atoms with Gasteiger partial charge in [-0.3, -0.25) is 0 Å². The van der Waals surface area contributed by atoms with Crippen LogP contribution in [0.4, 0.5) is 17.8 Å². The molecule has 0 saturated carbocycles. The lowest BCUT2D eigenvalue weighted by atomic mass is 10.1. The number of anilines is 3. The average molecular weight is 1330 g/mol. The first-order chi connectivity index (χ1) is 41.9. The molecule has 0 aromatic carbocycles. The molecule has 0 unspecified atom stereocenters. The molecule has 0 radical (unpaired) electrons. The Morgan fingerprint density at radius 3 is 1.43 bits per heavy atom. The van der Waals surface area contributed by atoms with Crippen molar-refractivity contribution in [3.05, 3.63) is 96.6 Å². The van der Waals surface area contributed by atoms with Gasteiger partial charge in [0.25, 0.3) is 0 Å². The fourth-order valence-corrected chi connectivity index (χ4v) is 9.70. The lowest BCUT2D eigenvalue weighted by Gasteiger charge is -2.15. The lowest BCUT2D eigenvalue weighted by Crippen LogP contribution is -2.22. The standard InChI is InChI=1S/C21H32N6O2Si.C17H22BrN5OSi.C15H18N6O.C4H11NO.ClHN4/c1-26(2)8-9-29-16-12-17-18(19-6-7-23-21(22)25-19)14-27(20(17)24-13-16)15-28-10-11-30(3,4)5;1-25(2,3)7-6-24-11-23-10-14(15-4-5-20-17(19)22-15)13-8-12(18)9-21-16(13)23;1-21(2)5-6-22-10-7-11-12(9-19-14(11)18-8-10)13-3-4-17-15(16)20-13;1-5(2)3-4-6;1-3-5-4-2/h6-7,12-14H,8-11,15H2,1-5H3,(H2,22,23,25);4-5,8-10H,6-7,11H2,1-3H3,(H2,19,20,22);3-4,7-9H,5-6H2,1-2H3,(H,18,19)(H2,16,17,20);6H,3-4H2,1-2H3;2H. The number of halogens is 2. The van der Waals surface area contributed by atoms with E-state index in [0.29, 0.717) is 26.7 Å². The maximum atomic E-state index is 8.20. The van der Waals surface area contributed by atoms with Crippen LogP contribution in [0.5, 0.6) is 11.5 Å². The van der Waals surface area contributed by atoms with Crippen molar-refractivity contribution in [3.8, 4) is 45.3 Å². The number of aromatic amines is 1. The normalized spacial score (nSPS) is 11.5. The van der Waals surface area contributed by atoms with E-state index in [2.05, 4.69) is 142 Å². The van der Waals surface area contributed by atoms with Gasteiger partial charge in [0.05, 0.1) is 47.9 Å². The summed E-state index contributed by atoms with van der Waals surface area (Å²) in [5.74, 6) is 2.21. The summed E-state index contributed by atoms with van der Waals surface area (Å²) in [4.78, 5) is 47.7. The van der Waals surface area contributed by atoms with Crippen LogP contribution in [-0.2, 0) is 22.9 Å². The molecule has 9 rings (SSSR count). The Balaban J connectivity index is 0.000000223. The number of nitrogen functional groups attached to an aromatic ring is 3. The van der Waals surface area contributed by atoms with Crippen LogP contribution in [0.3, 0.4) is 0 Å². The molecule has 0 aliphatic rings. The Morgan fingerprint density at radius 2 is 1.03 bits per heavy atom. The van der Waals surface area contributed by atoms with Crippen molar-refractivity contribution in [2.45, 2.75) is 64.8 Å². The van der Waals surface area contributed by atoms with E-state index in [0.717, 1.165) is 128 Å². The van der Waals surface area contributed by atoms with E-state index in [1.165, 1.54) is 0 Å². The van der Waals surface area contributed by atoms with Gasteiger partial charge in [-0.05, 0) is 117 Å². The number of ether oxygens (including phenoxy) is 4. The molecule has 0 amide bonds. The molecular formula is C57H84BrClN22O5Si2. The van der Waals surface area contributed by atoms with E-state index in [1.807, 2.05) is 111 Å². The first-order valence-electron chi connectivity index (χ1n) is 28.1. The van der Waals surface area contributed by atoms with Gasteiger partial charge in [0.15, 0.2) is 0 Å². The fourth-order valence-electron chi connectivity index (χ4n) is 7.82. The first kappa shape index (κ1) is 71.2. The van der Waals surface area contributed by atoms with Gasteiger partial charge in [-0.2, -0.15) is 5.53 Å². The molecule has 0 aliphatic heterocycles. The van der Waals surface area contributed by atoms with Crippen LogP contribution >= 0.6 is 27.7 Å². The predicted octanol–water partition coefficient (Wildman–Crippen LogP) is 10.1. The lowest BCUT2D eigenvalue weighted by molar-refractivity contribution is 0.0898. The van der Waals surface area contributed by atoms with Gasteiger partial charge in [0, 0.05) is 130 Å². The zero-order valence-corrected chi connectivity index (χ0v) is 56.7. The van der Waals surface area contributed by atoms with Crippen molar-refractivity contribution < 1.29 is 24.1 Å². The van der Waals surface area contributed by atoms with Gasteiger partial charge in [0.2, 0.25) is 17.8 Å². The summed E-state index contributed by atoms with van der Waals surface area (Å²) >= 11 is 8.04. The molecule has 9 N–H and O–H groups in total. The fraction of sp³-hybridized carbons (Fsp3) is 0.421. The largest absolute Gasteiger partial charge is 0.491 e. The number of H-pyrrole nitrogens is 1. The van der Waals surface area contributed by atoms with Gasteiger partial charge in [0.1, 0.15) is 55.1 Å². The van der Waals surface area contributed by atoms with Crippen LogP contribution in [0.2, 0.25) is 51.4 Å². The van der Waals surface area contributed by atoms with Crippen molar-refractivity contribution in [2.75, 3.05) is 112 Å². The highest BCUT2D eigenvalue weighted by molar-refractivity contribution is 9.10. The number of hydrogen-bond donors (Lipinski definition) is 6. The maximum absolute atomic E-state index is 8.20. The van der Waals surface area contributed by atoms with E-state index in [-0.39, 0.29) is 24.5 Å². The number of rotatable bonds is 24. The molecule has 88 heavy (non-hydrogen) atoms. The minimum atomic E-state index is -1.13. The van der Waals surface area contributed by atoms with Gasteiger partial charge in [-0.25, -0.2) is 44.9 Å². The predicted molar refractivity (Wildman–Crippen MR) is 357 cm³/mol. The molecule has 31 heteroatoms. The average Bonchev–Trinajstić information content (AvgIpc) is 2.61. The Bertz CT molecular complexity index is 3610. The topological polar surface area (TPSA) is 348 Å². The quantitative estimate of drug-likeness (QED) is 0.0142. The molecular weight excluding hydrogens is 1240 g/mol. The Hall–Kier alpha value is -7.53. The Kier molecular flexibility index (Phi) is 28.7. The SMILES string of the molecule is CN(C)CCO.CN(C)CCOc1cnc2[nH]cc(-c3ccnc(N)n3)c2c1.CN(C)CCOc1cnc2c(c1)c(-c1ccnc(N)n1)cn2COCC[Si](C)(C)C.C[Si](C)(C)CCOCn1cc(-c2ccnc(N)n2)c2cc(Br)cnc21.N=NN=NCl. The van der Waals surface area contributed by atoms with Gasteiger partial charge in [-0.15, -0.1) is 0 Å². The third-order valence-corrected chi connectivity index (χ3v) is 16.3. The number of aromatic nitrogens is 12. The van der Waals surface area contributed by atoms with Crippen LogP contribution in [0.25, 0.3) is 66.9 Å². The number of likely N-dealkylation sites (N-methyl/N-ethyl adjacent to an activating group) is 3. The second-order valence-electron chi connectivity index (χ2n) is 23.1. The van der Waals surface area contributed by atoms with Crippen LogP contribution in [0.1, 0.15) is 0 Å². The summed E-state index contributed by atoms with van der Waals surface area (Å²) in [6.45, 7) is 20.4. The van der Waals surface area contributed by atoms with E-state index in [4.69, 9.17) is 46.8 Å². The minimum absolute atomic E-state index is 0.242. The number of fused-ring (bicyclic) bond motifs is 3.